The Morgan fingerprint density at radius 3 is 2.79 bits per heavy atom. The number of hydrogen-bond donors (Lipinski definition) is 0. The molecule has 3 aromatic rings. The second-order valence-corrected chi connectivity index (χ2v) is 9.35. The highest BCUT2D eigenvalue weighted by Crippen LogP contribution is 2.36. The van der Waals surface area contributed by atoms with Crippen molar-refractivity contribution in [1.29, 1.82) is 0 Å². The lowest BCUT2D eigenvalue weighted by atomic mass is 9.98. The third-order valence-corrected chi connectivity index (χ3v) is 6.95. The number of rotatable bonds is 7. The standard InChI is InChI=1S/C25H30N4O4S/c1-5-33-25(31)18-9-8-12-28(14-18)21(30)15-34-22-13-16(2)26-24-23(17(3)27-29(22)24)19-10-6-7-11-20(19)32-4/h6-7,10-11,13,18H,5,8-9,12,14-15H2,1-4H3/t18-/m1/s1. The number of aromatic nitrogens is 3. The number of esters is 1. The minimum absolute atomic E-state index is 0.00967. The van der Waals surface area contributed by atoms with Crippen LogP contribution < -0.4 is 4.74 Å². The van der Waals surface area contributed by atoms with Gasteiger partial charge < -0.3 is 14.4 Å². The zero-order chi connectivity index (χ0) is 24.2. The van der Waals surface area contributed by atoms with Gasteiger partial charge in [-0.05, 0) is 45.7 Å². The molecular weight excluding hydrogens is 452 g/mol. The molecule has 1 aliphatic heterocycles. The number of ether oxygens (including phenoxy) is 2. The summed E-state index contributed by atoms with van der Waals surface area (Å²) in [6.45, 7) is 7.13. The molecule has 180 valence electrons. The van der Waals surface area contributed by atoms with Gasteiger partial charge in [-0.15, -0.1) is 0 Å². The van der Waals surface area contributed by atoms with Crippen LogP contribution in [-0.2, 0) is 14.3 Å². The van der Waals surface area contributed by atoms with Crippen LogP contribution in [0.1, 0.15) is 31.2 Å². The maximum Gasteiger partial charge on any atom is 0.310 e. The lowest BCUT2D eigenvalue weighted by Crippen LogP contribution is -2.43. The molecule has 1 atom stereocenters. The molecule has 1 amide bonds. The van der Waals surface area contributed by atoms with Crippen LogP contribution in [0.5, 0.6) is 5.75 Å². The van der Waals surface area contributed by atoms with E-state index in [0.29, 0.717) is 19.7 Å². The van der Waals surface area contributed by atoms with Crippen molar-refractivity contribution >= 4 is 29.3 Å². The van der Waals surface area contributed by atoms with Crippen LogP contribution in [0.3, 0.4) is 0 Å². The molecule has 8 nitrogen and oxygen atoms in total. The van der Waals surface area contributed by atoms with E-state index >= 15 is 0 Å². The number of likely N-dealkylation sites (tertiary alicyclic amines) is 1. The molecule has 9 heteroatoms. The van der Waals surface area contributed by atoms with Crippen LogP contribution in [0.15, 0.2) is 35.4 Å². The highest BCUT2D eigenvalue weighted by molar-refractivity contribution is 7.99. The quantitative estimate of drug-likeness (QED) is 0.287. The Morgan fingerprint density at radius 2 is 2.03 bits per heavy atom. The van der Waals surface area contributed by atoms with E-state index in [4.69, 9.17) is 19.6 Å². The van der Waals surface area contributed by atoms with E-state index in [-0.39, 0.29) is 23.5 Å². The summed E-state index contributed by atoms with van der Waals surface area (Å²) in [6, 6.07) is 9.76. The molecule has 2 aromatic heterocycles. The molecule has 0 N–H and O–H groups in total. The highest BCUT2D eigenvalue weighted by Gasteiger charge is 2.29. The monoisotopic (exact) mass is 482 g/mol. The Hall–Kier alpha value is -3.07. The van der Waals surface area contributed by atoms with E-state index in [9.17, 15) is 9.59 Å². The first-order valence-electron chi connectivity index (χ1n) is 11.5. The first-order chi connectivity index (χ1) is 16.4. The van der Waals surface area contributed by atoms with Gasteiger partial charge in [0.15, 0.2) is 5.65 Å². The molecule has 0 bridgehead atoms. The maximum absolute atomic E-state index is 13.0. The van der Waals surface area contributed by atoms with Crippen molar-refractivity contribution in [3.63, 3.8) is 0 Å². The zero-order valence-electron chi connectivity index (χ0n) is 20.0. The van der Waals surface area contributed by atoms with Gasteiger partial charge in [0.2, 0.25) is 5.91 Å². The number of methoxy groups -OCH3 is 1. The van der Waals surface area contributed by atoms with E-state index in [1.165, 1.54) is 11.8 Å². The lowest BCUT2D eigenvalue weighted by Gasteiger charge is -2.31. The van der Waals surface area contributed by atoms with Crippen LogP contribution in [-0.4, -0.2) is 63.9 Å². The number of carbonyl (C=O) groups excluding carboxylic acids is 2. The van der Waals surface area contributed by atoms with Gasteiger partial charge in [0.1, 0.15) is 10.8 Å². The van der Waals surface area contributed by atoms with Gasteiger partial charge in [0, 0.05) is 24.3 Å². The fraction of sp³-hybridized carbons (Fsp3) is 0.440. The van der Waals surface area contributed by atoms with Crippen LogP contribution in [0.2, 0.25) is 0 Å². The number of amides is 1. The molecule has 0 saturated carbocycles. The Balaban J connectivity index is 1.56. The van der Waals surface area contributed by atoms with Gasteiger partial charge in [-0.25, -0.2) is 9.50 Å². The molecule has 4 rings (SSSR count). The molecule has 3 heterocycles. The summed E-state index contributed by atoms with van der Waals surface area (Å²) in [5, 5.41) is 5.59. The molecule has 0 radical (unpaired) electrons. The third-order valence-electron chi connectivity index (χ3n) is 5.97. The predicted molar refractivity (Wildman–Crippen MR) is 131 cm³/mol. The van der Waals surface area contributed by atoms with Gasteiger partial charge in [-0.3, -0.25) is 9.59 Å². The van der Waals surface area contributed by atoms with Gasteiger partial charge in [0.05, 0.1) is 36.6 Å². The summed E-state index contributed by atoms with van der Waals surface area (Å²) in [5.74, 6) is 0.575. The number of hydrogen-bond acceptors (Lipinski definition) is 7. The highest BCUT2D eigenvalue weighted by atomic mass is 32.2. The Kier molecular flexibility index (Phi) is 7.41. The summed E-state index contributed by atoms with van der Waals surface area (Å²) in [7, 11) is 1.65. The smallest absolute Gasteiger partial charge is 0.310 e. The minimum Gasteiger partial charge on any atom is -0.496 e. The van der Waals surface area contributed by atoms with Gasteiger partial charge in [0.25, 0.3) is 0 Å². The fourth-order valence-corrected chi connectivity index (χ4v) is 5.32. The van der Waals surface area contributed by atoms with E-state index < -0.39 is 0 Å². The Bertz CT molecular complexity index is 1210. The van der Waals surface area contributed by atoms with E-state index in [0.717, 1.165) is 51.8 Å². The topological polar surface area (TPSA) is 86.0 Å². The van der Waals surface area contributed by atoms with Crippen molar-refractivity contribution < 1.29 is 19.1 Å². The minimum atomic E-state index is -0.241. The van der Waals surface area contributed by atoms with Crippen LogP contribution in [0.4, 0.5) is 0 Å². The van der Waals surface area contributed by atoms with E-state index in [1.807, 2.05) is 44.2 Å². The zero-order valence-corrected chi connectivity index (χ0v) is 20.9. The maximum atomic E-state index is 13.0. The number of nitrogens with zero attached hydrogens (tertiary/aromatic N) is 4. The summed E-state index contributed by atoms with van der Waals surface area (Å²) < 4.78 is 12.5. The molecule has 1 aromatic carbocycles. The van der Waals surface area contributed by atoms with Crippen molar-refractivity contribution in [2.75, 3.05) is 32.6 Å². The van der Waals surface area contributed by atoms with Crippen molar-refractivity contribution in [2.24, 2.45) is 5.92 Å². The van der Waals surface area contributed by atoms with E-state index in [2.05, 4.69) is 0 Å². The van der Waals surface area contributed by atoms with Crippen molar-refractivity contribution in [1.82, 2.24) is 19.5 Å². The van der Waals surface area contributed by atoms with Crippen molar-refractivity contribution in [3.05, 3.63) is 41.7 Å². The van der Waals surface area contributed by atoms with Crippen LogP contribution >= 0.6 is 11.8 Å². The van der Waals surface area contributed by atoms with Crippen molar-refractivity contribution in [3.8, 4) is 16.9 Å². The van der Waals surface area contributed by atoms with Crippen LogP contribution in [0, 0.1) is 19.8 Å². The van der Waals surface area contributed by atoms with Crippen molar-refractivity contribution in [2.45, 2.75) is 38.6 Å². The molecule has 1 saturated heterocycles. The van der Waals surface area contributed by atoms with Crippen LogP contribution in [0.25, 0.3) is 16.8 Å². The molecule has 0 spiro atoms. The largest absolute Gasteiger partial charge is 0.496 e. The Labute approximate surface area is 203 Å². The van der Waals surface area contributed by atoms with Gasteiger partial charge in [-0.2, -0.15) is 5.10 Å². The Morgan fingerprint density at radius 1 is 1.24 bits per heavy atom. The lowest BCUT2D eigenvalue weighted by molar-refractivity contribution is -0.151. The number of aryl methyl sites for hydroxylation is 2. The third kappa shape index (κ3) is 4.89. The molecule has 34 heavy (non-hydrogen) atoms. The first-order valence-corrected chi connectivity index (χ1v) is 12.5. The normalized spacial score (nSPS) is 16.0. The fourth-order valence-electron chi connectivity index (χ4n) is 4.36. The number of benzene rings is 1. The number of fused-ring (bicyclic) bond motifs is 1. The SMILES string of the molecule is CCOC(=O)[C@@H]1CCCN(C(=O)CSc2cc(C)nc3c(-c4ccccc4OC)c(C)nn23)C1. The predicted octanol–water partition coefficient (Wildman–Crippen LogP) is 3.92. The molecular formula is C25H30N4O4S. The van der Waals surface area contributed by atoms with Gasteiger partial charge in [-0.1, -0.05) is 30.0 Å². The summed E-state index contributed by atoms with van der Waals surface area (Å²) in [5.41, 5.74) is 4.27. The summed E-state index contributed by atoms with van der Waals surface area (Å²) in [6.07, 6.45) is 1.57. The number of carbonyl (C=O) groups is 2. The van der Waals surface area contributed by atoms with Gasteiger partial charge >= 0.3 is 5.97 Å². The second kappa shape index (κ2) is 10.5. The molecule has 0 aliphatic carbocycles. The molecule has 1 fully saturated rings. The first kappa shape index (κ1) is 24.1. The van der Waals surface area contributed by atoms with E-state index in [1.54, 1.807) is 23.4 Å². The average Bonchev–Trinajstić information content (AvgIpc) is 3.17. The number of para-hydroxylation sites is 1. The number of piperidine rings is 1. The summed E-state index contributed by atoms with van der Waals surface area (Å²) in [4.78, 5) is 31.7. The molecule has 1 aliphatic rings. The second-order valence-electron chi connectivity index (χ2n) is 8.35. The molecule has 0 unspecified atom stereocenters. The summed E-state index contributed by atoms with van der Waals surface area (Å²) >= 11 is 1.43. The number of thioether (sulfide) groups is 1. The average molecular weight is 483 g/mol.